The molecular formula is C19H29GdN4O11-5. The minimum Gasteiger partial charge on any atom is -0.550 e. The monoisotopic (exact) mass is 647 g/mol. The fraction of sp³-hybridized carbons (Fsp3) is 0.737. The van der Waals surface area contributed by atoms with Gasteiger partial charge in [-0.1, -0.05) is 0 Å². The van der Waals surface area contributed by atoms with E-state index in [1.54, 1.807) is 0 Å². The molecule has 204 valence electrons. The summed E-state index contributed by atoms with van der Waals surface area (Å²) < 4.78 is 0. The van der Waals surface area contributed by atoms with Gasteiger partial charge in [0.2, 0.25) is 0 Å². The first kappa shape index (κ1) is 35.6. The van der Waals surface area contributed by atoms with Crippen LogP contribution in [0.15, 0.2) is 0 Å². The Hall–Kier alpha value is -1.53. The maximum atomic E-state index is 11.7. The third-order valence-electron chi connectivity index (χ3n) is 5.26. The van der Waals surface area contributed by atoms with E-state index in [1.165, 1.54) is 19.6 Å². The van der Waals surface area contributed by atoms with Gasteiger partial charge in [0.05, 0.1) is 23.9 Å². The molecule has 1 fully saturated rings. The molecule has 35 heavy (non-hydrogen) atoms. The molecule has 1 aliphatic rings. The van der Waals surface area contributed by atoms with Gasteiger partial charge in [0.15, 0.2) is 0 Å². The maximum Gasteiger partial charge on any atom is 0.0586 e. The third-order valence-corrected chi connectivity index (χ3v) is 5.26. The number of carboxylic acid groups (broad SMARTS) is 5. The minimum absolute atomic E-state index is 0. The van der Waals surface area contributed by atoms with E-state index in [-0.39, 0.29) is 104 Å². The van der Waals surface area contributed by atoms with Crippen molar-refractivity contribution in [3.63, 3.8) is 0 Å². The Morgan fingerprint density at radius 2 is 0.886 bits per heavy atom. The number of hydrogen-bond acceptors (Lipinski definition) is 14. The molecule has 1 rings (SSSR count). The molecule has 2 N–H and O–H groups in total. The molecule has 16 heteroatoms. The van der Waals surface area contributed by atoms with Crippen molar-refractivity contribution < 1.29 is 94.9 Å². The third kappa shape index (κ3) is 16.0. The van der Waals surface area contributed by atoms with Crippen LogP contribution in [0.1, 0.15) is 12.8 Å². The van der Waals surface area contributed by atoms with Crippen LogP contribution in [0.3, 0.4) is 0 Å². The molecule has 1 saturated heterocycles. The molecule has 0 aromatic rings. The van der Waals surface area contributed by atoms with Gasteiger partial charge in [0, 0.05) is 124 Å². The van der Waals surface area contributed by atoms with Gasteiger partial charge in [-0.2, -0.15) is 0 Å². The molecule has 0 aliphatic carbocycles. The van der Waals surface area contributed by atoms with E-state index in [9.17, 15) is 49.5 Å². The molecule has 0 aromatic carbocycles. The Kier molecular flexibility index (Phi) is 19.0. The number of hydrogen-bond donors (Lipinski definition) is 0. The predicted molar refractivity (Wildman–Crippen MR) is 103 cm³/mol. The zero-order chi connectivity index (χ0) is 25.0. The van der Waals surface area contributed by atoms with E-state index in [1.807, 2.05) is 0 Å². The number of aliphatic carboxylic acids is 5. The molecule has 0 amide bonds. The van der Waals surface area contributed by atoms with E-state index >= 15 is 0 Å². The van der Waals surface area contributed by atoms with Gasteiger partial charge in [-0.25, -0.2) is 0 Å². The number of rotatable bonds is 11. The summed E-state index contributed by atoms with van der Waals surface area (Å²) in [6.45, 7) is -0.889. The smallest absolute Gasteiger partial charge is 0.0586 e. The summed E-state index contributed by atoms with van der Waals surface area (Å²) in [4.78, 5) is 61.5. The number of nitrogens with zero attached hydrogens (tertiary/aromatic N) is 4. The van der Waals surface area contributed by atoms with Crippen molar-refractivity contribution in [2.45, 2.75) is 18.9 Å². The zero-order valence-electron chi connectivity index (χ0n) is 19.0. The van der Waals surface area contributed by atoms with Gasteiger partial charge in [-0.15, -0.1) is 0 Å². The standard InChI is InChI=1S/C19H32N4O10.Gd.H2O/c24-15(25)2-1-14(19(32)33)23-9-7-21(12-17(28)29)5-3-20(11-16(26)27)4-6-22(8-10-23)13-18(30)31;;/h14H,1-13H2,(H,24,25)(H,26,27)(H,28,29)(H,30,31)(H,32,33);;1H2/p-5. The van der Waals surface area contributed by atoms with E-state index in [2.05, 4.69) is 0 Å². The van der Waals surface area contributed by atoms with Crippen LogP contribution in [-0.2, 0) is 24.0 Å². The van der Waals surface area contributed by atoms with Crippen LogP contribution in [0.2, 0.25) is 0 Å². The zero-order valence-corrected chi connectivity index (χ0v) is 21.3. The van der Waals surface area contributed by atoms with Gasteiger partial charge in [0.1, 0.15) is 0 Å². The first-order valence-electron chi connectivity index (χ1n) is 10.4. The van der Waals surface area contributed by atoms with Crippen LogP contribution < -0.4 is 25.5 Å². The second-order valence-electron chi connectivity index (χ2n) is 7.73. The van der Waals surface area contributed by atoms with Crippen LogP contribution in [0, 0.1) is 39.9 Å². The topological polar surface area (TPSA) is 245 Å². The summed E-state index contributed by atoms with van der Waals surface area (Å²) in [5.74, 6) is -7.08. The number of carboxylic acids is 5. The normalized spacial score (nSPS) is 18.1. The van der Waals surface area contributed by atoms with Gasteiger partial charge < -0.3 is 55.0 Å². The van der Waals surface area contributed by atoms with Crippen molar-refractivity contribution in [3.8, 4) is 0 Å². The van der Waals surface area contributed by atoms with Crippen molar-refractivity contribution in [3.05, 3.63) is 0 Å². The van der Waals surface area contributed by atoms with Crippen LogP contribution in [0.4, 0.5) is 0 Å². The second kappa shape index (κ2) is 18.7. The molecule has 1 aliphatic heterocycles. The molecule has 15 nitrogen and oxygen atoms in total. The molecule has 1 atom stereocenters. The summed E-state index contributed by atoms with van der Waals surface area (Å²) in [5, 5.41) is 55.8. The summed E-state index contributed by atoms with van der Waals surface area (Å²) in [7, 11) is 0. The molecular weight excluding hydrogens is 617 g/mol. The maximum absolute atomic E-state index is 11.7. The largest absolute Gasteiger partial charge is 0.550 e. The van der Waals surface area contributed by atoms with Crippen LogP contribution in [-0.4, -0.2) is 133 Å². The molecule has 1 heterocycles. The Labute approximate surface area is 234 Å². The Balaban J connectivity index is 0. The summed E-state index contributed by atoms with van der Waals surface area (Å²) >= 11 is 0. The van der Waals surface area contributed by atoms with Crippen molar-refractivity contribution in [2.24, 2.45) is 0 Å². The minimum atomic E-state index is -1.53. The van der Waals surface area contributed by atoms with Crippen molar-refractivity contribution in [2.75, 3.05) is 72.0 Å². The van der Waals surface area contributed by atoms with Crippen LogP contribution in [0.25, 0.3) is 0 Å². The van der Waals surface area contributed by atoms with E-state index in [0.29, 0.717) is 0 Å². The molecule has 1 unspecified atom stereocenters. The predicted octanol–water partition coefficient (Wildman–Crippen LogP) is -9.72. The molecule has 0 radical (unpaired) electrons. The SMILES string of the molecule is O.O=C([O-])CCC(C(=O)[O-])N1CCN(CC(=O)[O-])CCN(CC(=O)[O-])CCN(CC(=O)[O-])CC1.[Gd]. The van der Waals surface area contributed by atoms with Gasteiger partial charge in [-0.3, -0.25) is 19.6 Å². The number of carbonyl (C=O) groups is 5. The quantitative estimate of drug-likeness (QED) is 0.202. The fourth-order valence-electron chi connectivity index (χ4n) is 3.59. The second-order valence-corrected chi connectivity index (χ2v) is 7.73. The van der Waals surface area contributed by atoms with Crippen molar-refractivity contribution in [1.29, 1.82) is 0 Å². The van der Waals surface area contributed by atoms with E-state index in [0.717, 1.165) is 0 Å². The van der Waals surface area contributed by atoms with Gasteiger partial charge in [-0.05, 0) is 12.8 Å². The average molecular weight is 647 g/mol. The van der Waals surface area contributed by atoms with E-state index < -0.39 is 61.9 Å². The Morgan fingerprint density at radius 1 is 0.571 bits per heavy atom. The van der Waals surface area contributed by atoms with E-state index in [4.69, 9.17) is 0 Å². The Morgan fingerprint density at radius 3 is 1.14 bits per heavy atom. The summed E-state index contributed by atoms with van der Waals surface area (Å²) in [5.41, 5.74) is 0. The van der Waals surface area contributed by atoms with Gasteiger partial charge >= 0.3 is 0 Å². The van der Waals surface area contributed by atoms with Gasteiger partial charge in [0.25, 0.3) is 0 Å². The summed E-state index contributed by atoms with van der Waals surface area (Å²) in [6.07, 6.45) is -0.857. The van der Waals surface area contributed by atoms with Crippen LogP contribution in [0.5, 0.6) is 0 Å². The molecule has 0 saturated carbocycles. The first-order valence-corrected chi connectivity index (χ1v) is 10.4. The average Bonchev–Trinajstić information content (AvgIpc) is 2.67. The van der Waals surface area contributed by atoms with Crippen molar-refractivity contribution >= 4 is 29.8 Å². The number of carbonyl (C=O) groups excluding carboxylic acids is 5. The Bertz CT molecular complexity index is 680. The van der Waals surface area contributed by atoms with Crippen LogP contribution >= 0.6 is 0 Å². The first-order chi connectivity index (χ1) is 15.5. The molecule has 0 spiro atoms. The fourth-order valence-corrected chi connectivity index (χ4v) is 3.59. The molecule has 0 aromatic heterocycles. The summed E-state index contributed by atoms with van der Waals surface area (Å²) in [6, 6.07) is -1.32. The molecule has 0 bridgehead atoms. The van der Waals surface area contributed by atoms with Crippen molar-refractivity contribution in [1.82, 2.24) is 19.6 Å².